The number of nitrogens with one attached hydrogen (secondary N) is 1. The maximum absolute atomic E-state index is 12.0. The minimum atomic E-state index is -0.0724. The number of nitrogens with zero attached hydrogens (tertiary/aromatic N) is 2. The number of ether oxygens (including phenoxy) is 1. The lowest BCUT2D eigenvalue weighted by molar-refractivity contribution is -0.121. The molecule has 2 aromatic carbocycles. The van der Waals surface area contributed by atoms with Gasteiger partial charge >= 0.3 is 0 Å². The van der Waals surface area contributed by atoms with Crippen molar-refractivity contribution in [1.29, 1.82) is 5.26 Å². The van der Waals surface area contributed by atoms with E-state index in [1.807, 2.05) is 66.0 Å². The van der Waals surface area contributed by atoms with E-state index in [-0.39, 0.29) is 9.99 Å². The first-order valence-electron chi connectivity index (χ1n) is 8.89. The second-order valence-electron chi connectivity index (χ2n) is 6.43. The van der Waals surface area contributed by atoms with Crippen molar-refractivity contribution in [2.45, 2.75) is 24.0 Å². The first kappa shape index (κ1) is 20.3. The van der Waals surface area contributed by atoms with Gasteiger partial charge in [-0.1, -0.05) is 18.2 Å². The molecule has 144 valence electrons. The Bertz CT molecular complexity index is 885. The lowest BCUT2D eigenvalue weighted by Crippen LogP contribution is -2.26. The first-order valence-corrected chi connectivity index (χ1v) is 10.9. The van der Waals surface area contributed by atoms with Crippen molar-refractivity contribution in [3.63, 3.8) is 0 Å². The van der Waals surface area contributed by atoms with Crippen LogP contribution in [0.1, 0.15) is 30.0 Å². The predicted octanol–water partition coefficient (Wildman–Crippen LogP) is 4.17. The summed E-state index contributed by atoms with van der Waals surface area (Å²) in [5.74, 6) is 2.82. The highest BCUT2D eigenvalue weighted by atomic mass is 32.2. The number of hydrogen-bond acceptors (Lipinski definition) is 6. The van der Waals surface area contributed by atoms with Crippen LogP contribution in [0.4, 0.5) is 0 Å². The van der Waals surface area contributed by atoms with Crippen LogP contribution in [-0.4, -0.2) is 27.7 Å². The largest absolute Gasteiger partial charge is 0.489 e. The normalized spacial score (nSPS) is 15.3. The molecule has 1 heterocycles. The Balaban J connectivity index is 1.48. The van der Waals surface area contributed by atoms with Gasteiger partial charge in [0.15, 0.2) is 0 Å². The minimum Gasteiger partial charge on any atom is -0.489 e. The fourth-order valence-electron chi connectivity index (χ4n) is 2.74. The van der Waals surface area contributed by atoms with Crippen LogP contribution in [-0.2, 0) is 11.4 Å². The summed E-state index contributed by atoms with van der Waals surface area (Å²) in [6.07, 6.45) is 2.07. The maximum atomic E-state index is 12.0. The monoisotopic (exact) mass is 411 g/mol. The molecule has 0 spiro atoms. The van der Waals surface area contributed by atoms with Crippen molar-refractivity contribution in [2.24, 2.45) is 5.10 Å². The number of carbonyl (C=O) groups excluding carboxylic acids is 1. The Labute approximate surface area is 173 Å². The van der Waals surface area contributed by atoms with E-state index in [1.165, 1.54) is 0 Å². The van der Waals surface area contributed by atoms with Crippen molar-refractivity contribution >= 4 is 35.6 Å². The van der Waals surface area contributed by atoms with Gasteiger partial charge in [0.25, 0.3) is 0 Å². The lowest BCUT2D eigenvalue weighted by Gasteiger charge is -2.19. The molecule has 3 rings (SSSR count). The number of hydrazone groups is 1. The molecule has 1 fully saturated rings. The molecule has 0 unspecified atom stereocenters. The molecule has 0 saturated carbocycles. The third-order valence-corrected chi connectivity index (χ3v) is 7.49. The zero-order valence-corrected chi connectivity index (χ0v) is 17.2. The van der Waals surface area contributed by atoms with Crippen LogP contribution >= 0.6 is 23.5 Å². The fraction of sp³-hybridized carbons (Fsp3) is 0.286. The summed E-state index contributed by atoms with van der Waals surface area (Å²) in [6.45, 7) is 2.44. The molecule has 28 heavy (non-hydrogen) atoms. The van der Waals surface area contributed by atoms with E-state index < -0.39 is 0 Å². The molecule has 1 amide bonds. The standard InChI is InChI=1S/C21H21N3O2S2/c1-21(27-10-11-28-21)12-20(25)24-23-14-16-6-8-19(9-7-16)26-15-18-5-3-2-4-17(18)13-22/h2-9,14H,10-12,15H2,1H3,(H,24,25)/b23-14-. The summed E-state index contributed by atoms with van der Waals surface area (Å²) in [7, 11) is 0. The first-order chi connectivity index (χ1) is 13.6. The zero-order chi connectivity index (χ0) is 19.8. The number of carbonyl (C=O) groups is 1. The SMILES string of the molecule is CC1(CC(=O)N/N=C\c2ccc(OCc3ccccc3C#N)cc2)SCCS1. The van der Waals surface area contributed by atoms with Crippen LogP contribution in [0.3, 0.4) is 0 Å². The molecule has 1 N–H and O–H groups in total. The summed E-state index contributed by atoms with van der Waals surface area (Å²) in [6, 6.07) is 16.9. The quantitative estimate of drug-likeness (QED) is 0.547. The number of nitriles is 1. The van der Waals surface area contributed by atoms with Crippen molar-refractivity contribution in [3.8, 4) is 11.8 Å². The summed E-state index contributed by atoms with van der Waals surface area (Å²) >= 11 is 3.66. The van der Waals surface area contributed by atoms with Crippen molar-refractivity contribution in [3.05, 3.63) is 65.2 Å². The van der Waals surface area contributed by atoms with Gasteiger partial charge in [-0.25, -0.2) is 5.43 Å². The minimum absolute atomic E-state index is 0.0389. The van der Waals surface area contributed by atoms with Gasteiger partial charge in [-0.3, -0.25) is 4.79 Å². The van der Waals surface area contributed by atoms with Crippen molar-refractivity contribution in [1.82, 2.24) is 5.43 Å². The molecule has 0 aliphatic carbocycles. The number of rotatable bonds is 7. The van der Waals surface area contributed by atoms with Gasteiger partial charge in [-0.2, -0.15) is 10.4 Å². The van der Waals surface area contributed by atoms with E-state index in [4.69, 9.17) is 10.00 Å². The van der Waals surface area contributed by atoms with Crippen LogP contribution in [0, 0.1) is 11.3 Å². The molecule has 0 bridgehead atoms. The fourth-order valence-corrected chi connectivity index (χ4v) is 5.57. The molecule has 0 radical (unpaired) electrons. The average Bonchev–Trinajstić information content (AvgIpc) is 3.13. The Morgan fingerprint density at radius 2 is 1.96 bits per heavy atom. The van der Waals surface area contributed by atoms with Gasteiger partial charge < -0.3 is 4.74 Å². The highest BCUT2D eigenvalue weighted by Crippen LogP contribution is 2.45. The number of benzene rings is 2. The van der Waals surface area contributed by atoms with Crippen LogP contribution in [0.15, 0.2) is 53.6 Å². The van der Waals surface area contributed by atoms with Gasteiger partial charge in [0.1, 0.15) is 12.4 Å². The zero-order valence-electron chi connectivity index (χ0n) is 15.6. The Morgan fingerprint density at radius 3 is 2.68 bits per heavy atom. The molecule has 1 aliphatic rings. The second kappa shape index (κ2) is 9.67. The Kier molecular flexibility index (Phi) is 7.01. The van der Waals surface area contributed by atoms with Gasteiger partial charge in [0.05, 0.1) is 28.3 Å². The van der Waals surface area contributed by atoms with E-state index in [1.54, 1.807) is 12.3 Å². The predicted molar refractivity (Wildman–Crippen MR) is 116 cm³/mol. The molecule has 1 saturated heterocycles. The Morgan fingerprint density at radius 1 is 1.25 bits per heavy atom. The third kappa shape index (κ3) is 5.78. The van der Waals surface area contributed by atoms with E-state index >= 15 is 0 Å². The van der Waals surface area contributed by atoms with Gasteiger partial charge in [0, 0.05) is 17.1 Å². The van der Waals surface area contributed by atoms with Gasteiger partial charge in [-0.05, 0) is 42.8 Å². The highest BCUT2D eigenvalue weighted by molar-refractivity contribution is 8.21. The van der Waals surface area contributed by atoms with Crippen molar-refractivity contribution < 1.29 is 9.53 Å². The van der Waals surface area contributed by atoms with E-state index in [2.05, 4.69) is 23.5 Å². The second-order valence-corrected chi connectivity index (χ2v) is 9.88. The van der Waals surface area contributed by atoms with E-state index in [0.29, 0.717) is 24.3 Å². The van der Waals surface area contributed by atoms with Crippen LogP contribution in [0.2, 0.25) is 0 Å². The highest BCUT2D eigenvalue weighted by Gasteiger charge is 2.32. The number of amides is 1. The van der Waals surface area contributed by atoms with Gasteiger partial charge in [-0.15, -0.1) is 23.5 Å². The molecule has 2 aromatic rings. The van der Waals surface area contributed by atoms with Gasteiger partial charge in [0.2, 0.25) is 5.91 Å². The molecular weight excluding hydrogens is 390 g/mol. The van der Waals surface area contributed by atoms with Crippen LogP contribution in [0.25, 0.3) is 0 Å². The molecule has 0 atom stereocenters. The molecule has 7 heteroatoms. The number of thioether (sulfide) groups is 2. The summed E-state index contributed by atoms with van der Waals surface area (Å²) in [5.41, 5.74) is 4.93. The molecular formula is C21H21N3O2S2. The smallest absolute Gasteiger partial charge is 0.242 e. The average molecular weight is 412 g/mol. The third-order valence-electron chi connectivity index (χ3n) is 4.19. The van der Waals surface area contributed by atoms with E-state index in [0.717, 1.165) is 22.6 Å². The lowest BCUT2D eigenvalue weighted by atomic mass is 10.1. The van der Waals surface area contributed by atoms with E-state index in [9.17, 15) is 4.79 Å². The van der Waals surface area contributed by atoms with Crippen LogP contribution in [0.5, 0.6) is 5.75 Å². The van der Waals surface area contributed by atoms with Crippen molar-refractivity contribution in [2.75, 3.05) is 11.5 Å². The molecule has 5 nitrogen and oxygen atoms in total. The Hall–Kier alpha value is -2.43. The maximum Gasteiger partial charge on any atom is 0.242 e. The summed E-state index contributed by atoms with van der Waals surface area (Å²) in [4.78, 5) is 12.0. The molecule has 1 aliphatic heterocycles. The summed E-state index contributed by atoms with van der Waals surface area (Å²) in [5, 5.41) is 13.2. The molecule has 0 aromatic heterocycles. The topological polar surface area (TPSA) is 74.5 Å². The summed E-state index contributed by atoms with van der Waals surface area (Å²) < 4.78 is 5.71. The number of hydrogen-bond donors (Lipinski definition) is 1. The van der Waals surface area contributed by atoms with Crippen LogP contribution < -0.4 is 10.2 Å².